The van der Waals surface area contributed by atoms with Crippen LogP contribution in [0.15, 0.2) is 53.3 Å². The number of anilines is 2. The molecule has 2 heterocycles. The first-order chi connectivity index (χ1) is 11.7. The second-order valence-corrected chi connectivity index (χ2v) is 5.38. The van der Waals surface area contributed by atoms with Crippen LogP contribution in [0.5, 0.6) is 5.75 Å². The average molecular weight is 322 g/mol. The lowest BCUT2D eigenvalue weighted by atomic mass is 10.2. The van der Waals surface area contributed by atoms with Gasteiger partial charge in [-0.15, -0.1) is 0 Å². The molecule has 1 amide bonds. The number of fused-ring (bicyclic) bond motifs is 3. The molecule has 0 atom stereocenters. The van der Waals surface area contributed by atoms with Crippen molar-refractivity contribution in [3.63, 3.8) is 0 Å². The van der Waals surface area contributed by atoms with Crippen molar-refractivity contribution in [1.29, 1.82) is 0 Å². The Kier molecular flexibility index (Phi) is 3.19. The van der Waals surface area contributed by atoms with Gasteiger partial charge in [0.05, 0.1) is 24.9 Å². The van der Waals surface area contributed by atoms with Gasteiger partial charge >= 0.3 is 5.69 Å². The third-order valence-electron chi connectivity index (χ3n) is 3.98. The van der Waals surface area contributed by atoms with Gasteiger partial charge in [0.1, 0.15) is 11.6 Å². The Morgan fingerprint density at radius 3 is 2.62 bits per heavy atom. The van der Waals surface area contributed by atoms with E-state index in [9.17, 15) is 9.59 Å². The zero-order chi connectivity index (χ0) is 16.7. The number of nitrogens with zero attached hydrogens (tertiary/aromatic N) is 3. The molecule has 1 aliphatic rings. The number of hydrogen-bond acceptors (Lipinski definition) is 4. The van der Waals surface area contributed by atoms with Crippen molar-refractivity contribution in [2.45, 2.75) is 6.42 Å². The summed E-state index contributed by atoms with van der Waals surface area (Å²) >= 11 is 0. The molecule has 0 unspecified atom stereocenters. The average Bonchev–Trinajstić information content (AvgIpc) is 2.90. The van der Waals surface area contributed by atoms with Gasteiger partial charge in [-0.3, -0.25) is 9.69 Å². The molecule has 3 aromatic rings. The summed E-state index contributed by atoms with van der Waals surface area (Å²) in [4.78, 5) is 26.6. The van der Waals surface area contributed by atoms with Crippen LogP contribution in [0.3, 0.4) is 0 Å². The number of amides is 1. The Balaban J connectivity index is 2.03. The van der Waals surface area contributed by atoms with E-state index in [0.29, 0.717) is 22.9 Å². The summed E-state index contributed by atoms with van der Waals surface area (Å²) in [5.74, 6) is 0.811. The van der Waals surface area contributed by atoms with Crippen LogP contribution < -0.4 is 15.3 Å². The van der Waals surface area contributed by atoms with Crippen LogP contribution in [-0.2, 0) is 11.2 Å². The van der Waals surface area contributed by atoms with Crippen LogP contribution in [0.25, 0.3) is 5.69 Å². The zero-order valence-electron chi connectivity index (χ0n) is 12.9. The highest BCUT2D eigenvalue weighted by molar-refractivity contribution is 6.04. The first kappa shape index (κ1) is 14.3. The molecule has 1 aromatic heterocycles. The van der Waals surface area contributed by atoms with E-state index in [4.69, 9.17) is 4.74 Å². The number of carbonyl (C=O) groups is 1. The van der Waals surface area contributed by atoms with E-state index in [-0.39, 0.29) is 18.0 Å². The van der Waals surface area contributed by atoms with Gasteiger partial charge in [0.2, 0.25) is 5.91 Å². The van der Waals surface area contributed by atoms with E-state index in [1.165, 1.54) is 4.57 Å². The summed E-state index contributed by atoms with van der Waals surface area (Å²) in [6.45, 7) is 0. The van der Waals surface area contributed by atoms with Crippen LogP contribution >= 0.6 is 0 Å². The lowest BCUT2D eigenvalue weighted by molar-refractivity contribution is -0.117. The van der Waals surface area contributed by atoms with Crippen LogP contribution in [0.4, 0.5) is 11.4 Å². The Hall–Kier alpha value is -3.35. The number of aromatic amines is 1. The predicted molar refractivity (Wildman–Crippen MR) is 88.0 cm³/mol. The van der Waals surface area contributed by atoms with Gasteiger partial charge in [0.15, 0.2) is 0 Å². The minimum atomic E-state index is -0.376. The minimum absolute atomic E-state index is 0.0185. The van der Waals surface area contributed by atoms with Gasteiger partial charge in [-0.25, -0.2) is 14.5 Å². The van der Waals surface area contributed by atoms with Crippen molar-refractivity contribution in [3.8, 4) is 11.4 Å². The Morgan fingerprint density at radius 2 is 1.88 bits per heavy atom. The summed E-state index contributed by atoms with van der Waals surface area (Å²) in [5, 5.41) is 6.39. The van der Waals surface area contributed by atoms with Gasteiger partial charge in [-0.05, 0) is 24.3 Å². The standard InChI is InChI=1S/C17H14N4O3/c1-24-12-7-8-13-14(9-12)20(11-5-3-2-4-6-11)16(22)10-15-18-19-17(23)21(13)15/h2-9H,10H2,1H3,(H,19,23). The Bertz CT molecular complexity index is 975. The van der Waals surface area contributed by atoms with Crippen molar-refractivity contribution in [1.82, 2.24) is 14.8 Å². The van der Waals surface area contributed by atoms with Crippen molar-refractivity contribution in [2.75, 3.05) is 12.0 Å². The Labute approximate surface area is 137 Å². The largest absolute Gasteiger partial charge is 0.497 e. The van der Waals surface area contributed by atoms with Crippen LogP contribution in [0.1, 0.15) is 5.82 Å². The number of methoxy groups -OCH3 is 1. The first-order valence-electron chi connectivity index (χ1n) is 7.42. The van der Waals surface area contributed by atoms with E-state index >= 15 is 0 Å². The van der Waals surface area contributed by atoms with Crippen LogP contribution in [0, 0.1) is 0 Å². The number of ether oxygens (including phenoxy) is 1. The maximum Gasteiger partial charge on any atom is 0.348 e. The highest BCUT2D eigenvalue weighted by Gasteiger charge is 2.29. The summed E-state index contributed by atoms with van der Waals surface area (Å²) in [6, 6.07) is 14.5. The van der Waals surface area contributed by atoms with Gasteiger partial charge in [0, 0.05) is 11.8 Å². The predicted octanol–water partition coefficient (Wildman–Crippen LogP) is 1.79. The van der Waals surface area contributed by atoms with Gasteiger partial charge in [0.25, 0.3) is 0 Å². The minimum Gasteiger partial charge on any atom is -0.497 e. The number of carbonyl (C=O) groups excluding carboxylic acids is 1. The summed E-state index contributed by atoms with van der Waals surface area (Å²) < 4.78 is 6.72. The maximum absolute atomic E-state index is 12.9. The highest BCUT2D eigenvalue weighted by Crippen LogP contribution is 2.36. The molecular weight excluding hydrogens is 308 g/mol. The molecule has 7 nitrogen and oxygen atoms in total. The number of nitrogens with one attached hydrogen (secondary N) is 1. The van der Waals surface area contributed by atoms with Crippen molar-refractivity contribution in [3.05, 3.63) is 64.8 Å². The molecule has 24 heavy (non-hydrogen) atoms. The molecule has 0 bridgehead atoms. The van der Waals surface area contributed by atoms with E-state index in [0.717, 1.165) is 5.69 Å². The molecule has 0 fully saturated rings. The van der Waals surface area contributed by atoms with Crippen molar-refractivity contribution < 1.29 is 9.53 Å². The Morgan fingerprint density at radius 1 is 1.08 bits per heavy atom. The molecule has 0 spiro atoms. The second-order valence-electron chi connectivity index (χ2n) is 5.38. The van der Waals surface area contributed by atoms with Gasteiger partial charge in [-0.1, -0.05) is 18.2 Å². The van der Waals surface area contributed by atoms with Crippen LogP contribution in [0.2, 0.25) is 0 Å². The maximum atomic E-state index is 12.9. The van der Waals surface area contributed by atoms with E-state index < -0.39 is 0 Å². The topological polar surface area (TPSA) is 80.2 Å². The molecule has 0 radical (unpaired) electrons. The smallest absolute Gasteiger partial charge is 0.348 e. The molecule has 2 aromatic carbocycles. The summed E-state index contributed by atoms with van der Waals surface area (Å²) in [5.41, 5.74) is 1.50. The van der Waals surface area contributed by atoms with E-state index in [2.05, 4.69) is 10.2 Å². The molecule has 7 heteroatoms. The fourth-order valence-corrected chi connectivity index (χ4v) is 2.90. The normalized spacial score (nSPS) is 13.2. The third-order valence-corrected chi connectivity index (χ3v) is 3.98. The number of benzene rings is 2. The quantitative estimate of drug-likeness (QED) is 0.780. The lowest BCUT2D eigenvalue weighted by Crippen LogP contribution is -2.26. The SMILES string of the molecule is COc1ccc2c(c1)N(c1ccccc1)C(=O)Cc1n[nH]c(=O)n1-2. The van der Waals surface area contributed by atoms with Gasteiger partial charge < -0.3 is 4.74 Å². The number of rotatable bonds is 2. The molecule has 1 aliphatic heterocycles. The van der Waals surface area contributed by atoms with Gasteiger partial charge in [-0.2, -0.15) is 5.10 Å². The lowest BCUT2D eigenvalue weighted by Gasteiger charge is -2.23. The molecule has 120 valence electrons. The second kappa shape index (κ2) is 5.38. The fraction of sp³-hybridized carbons (Fsp3) is 0.118. The van der Waals surface area contributed by atoms with E-state index in [1.807, 2.05) is 30.3 Å². The molecule has 4 rings (SSSR count). The first-order valence-corrected chi connectivity index (χ1v) is 7.42. The molecule has 0 saturated heterocycles. The monoisotopic (exact) mass is 322 g/mol. The van der Waals surface area contributed by atoms with Crippen molar-refractivity contribution in [2.24, 2.45) is 0 Å². The molecule has 0 saturated carbocycles. The highest BCUT2D eigenvalue weighted by atomic mass is 16.5. The van der Waals surface area contributed by atoms with Crippen molar-refractivity contribution >= 4 is 17.3 Å². The summed E-state index contributed by atoms with van der Waals surface area (Å²) in [6.07, 6.45) is 0.0185. The number of aromatic nitrogens is 3. The molecule has 0 aliphatic carbocycles. The molecular formula is C17H14N4O3. The molecule has 1 N–H and O–H groups in total. The summed E-state index contributed by atoms with van der Waals surface area (Å²) in [7, 11) is 1.56. The number of para-hydroxylation sites is 1. The fourth-order valence-electron chi connectivity index (χ4n) is 2.90. The van der Waals surface area contributed by atoms with Crippen LogP contribution in [-0.4, -0.2) is 27.8 Å². The number of hydrogen-bond donors (Lipinski definition) is 1. The third kappa shape index (κ3) is 2.10. The van der Waals surface area contributed by atoms with E-state index in [1.54, 1.807) is 30.2 Å². The number of H-pyrrole nitrogens is 1. The zero-order valence-corrected chi connectivity index (χ0v) is 12.9.